The summed E-state index contributed by atoms with van der Waals surface area (Å²) in [5, 5.41) is 10.9. The number of carboxylic acids is 1. The molecule has 2 rings (SSSR count). The Labute approximate surface area is 102 Å². The van der Waals surface area contributed by atoms with E-state index in [4.69, 9.17) is 5.11 Å². The van der Waals surface area contributed by atoms with Crippen LogP contribution in [-0.4, -0.2) is 11.1 Å². The molecule has 0 spiro atoms. The van der Waals surface area contributed by atoms with Gasteiger partial charge in [0.15, 0.2) is 0 Å². The van der Waals surface area contributed by atoms with Crippen LogP contribution in [0.3, 0.4) is 0 Å². The van der Waals surface area contributed by atoms with E-state index in [0.29, 0.717) is 6.42 Å². The van der Waals surface area contributed by atoms with E-state index in [2.05, 4.69) is 12.1 Å². The van der Waals surface area contributed by atoms with Gasteiger partial charge >= 0.3 is 5.97 Å². The first-order chi connectivity index (χ1) is 8.25. The van der Waals surface area contributed by atoms with Gasteiger partial charge in [-0.05, 0) is 22.8 Å². The fourth-order valence-electron chi connectivity index (χ4n) is 1.65. The molecule has 0 atom stereocenters. The number of hydrogen-bond donors (Lipinski definition) is 1. The summed E-state index contributed by atoms with van der Waals surface area (Å²) < 4.78 is 0. The Hall–Kier alpha value is -1.83. The number of fused-ring (bicyclic) bond motifs is 1. The SMILES string of the molecule is CC.O=C(O)CCc1ccc2ccccc2c1. The molecule has 0 aliphatic rings. The van der Waals surface area contributed by atoms with Crippen molar-refractivity contribution in [3.63, 3.8) is 0 Å². The van der Waals surface area contributed by atoms with Crippen molar-refractivity contribution in [2.75, 3.05) is 0 Å². The van der Waals surface area contributed by atoms with E-state index in [-0.39, 0.29) is 6.42 Å². The summed E-state index contributed by atoms with van der Waals surface area (Å²) in [5.41, 5.74) is 1.08. The van der Waals surface area contributed by atoms with Gasteiger partial charge in [-0.1, -0.05) is 56.3 Å². The summed E-state index contributed by atoms with van der Waals surface area (Å²) in [6.45, 7) is 4.00. The summed E-state index contributed by atoms with van der Waals surface area (Å²) in [5.74, 6) is -0.747. The average Bonchev–Trinajstić information content (AvgIpc) is 2.38. The minimum absolute atomic E-state index is 0.193. The molecule has 2 nitrogen and oxygen atoms in total. The van der Waals surface area contributed by atoms with Crippen molar-refractivity contribution in [1.29, 1.82) is 0 Å². The van der Waals surface area contributed by atoms with Crippen molar-refractivity contribution in [2.45, 2.75) is 26.7 Å². The van der Waals surface area contributed by atoms with Gasteiger partial charge in [0.1, 0.15) is 0 Å². The molecule has 1 N–H and O–H groups in total. The highest BCUT2D eigenvalue weighted by atomic mass is 16.4. The van der Waals surface area contributed by atoms with E-state index in [0.717, 1.165) is 5.56 Å². The van der Waals surface area contributed by atoms with Crippen LogP contribution in [0, 0.1) is 0 Å². The molecule has 0 amide bonds. The van der Waals surface area contributed by atoms with E-state index in [1.54, 1.807) is 0 Å². The maximum absolute atomic E-state index is 10.4. The van der Waals surface area contributed by atoms with Crippen LogP contribution in [0.1, 0.15) is 25.8 Å². The Balaban J connectivity index is 0.000000686. The summed E-state index contributed by atoms with van der Waals surface area (Å²) >= 11 is 0. The number of aryl methyl sites for hydroxylation is 1. The van der Waals surface area contributed by atoms with E-state index >= 15 is 0 Å². The lowest BCUT2D eigenvalue weighted by Crippen LogP contribution is -1.97. The molecular formula is C15H18O2. The van der Waals surface area contributed by atoms with Crippen LogP contribution < -0.4 is 0 Å². The van der Waals surface area contributed by atoms with Gasteiger partial charge in [-0.3, -0.25) is 4.79 Å². The lowest BCUT2D eigenvalue weighted by atomic mass is 10.0. The van der Waals surface area contributed by atoms with Gasteiger partial charge < -0.3 is 5.11 Å². The lowest BCUT2D eigenvalue weighted by Gasteiger charge is -2.01. The molecule has 0 fully saturated rings. The Morgan fingerprint density at radius 1 is 1.06 bits per heavy atom. The number of rotatable bonds is 3. The van der Waals surface area contributed by atoms with Crippen LogP contribution in [0.25, 0.3) is 10.8 Å². The Kier molecular flexibility index (Phi) is 5.21. The molecule has 0 aliphatic heterocycles. The molecular weight excluding hydrogens is 212 g/mol. The molecule has 0 heterocycles. The highest BCUT2D eigenvalue weighted by Crippen LogP contribution is 2.16. The van der Waals surface area contributed by atoms with Crippen molar-refractivity contribution >= 4 is 16.7 Å². The standard InChI is InChI=1S/C13H12O2.C2H6/c14-13(15)8-6-10-5-7-11-3-1-2-4-12(11)9-10;1-2/h1-5,7,9H,6,8H2,(H,14,15);1-2H3. The lowest BCUT2D eigenvalue weighted by molar-refractivity contribution is -0.136. The molecule has 0 saturated heterocycles. The molecule has 0 bridgehead atoms. The van der Waals surface area contributed by atoms with Gasteiger partial charge in [-0.2, -0.15) is 0 Å². The van der Waals surface area contributed by atoms with Crippen molar-refractivity contribution in [3.8, 4) is 0 Å². The maximum atomic E-state index is 10.4. The number of benzene rings is 2. The third-order valence-electron chi connectivity index (χ3n) is 2.44. The van der Waals surface area contributed by atoms with Crippen molar-refractivity contribution in [2.24, 2.45) is 0 Å². The third kappa shape index (κ3) is 3.91. The van der Waals surface area contributed by atoms with Crippen molar-refractivity contribution < 1.29 is 9.90 Å². The van der Waals surface area contributed by atoms with E-state index in [1.807, 2.05) is 44.2 Å². The molecule has 0 unspecified atom stereocenters. The average molecular weight is 230 g/mol. The predicted molar refractivity (Wildman–Crippen MR) is 71.3 cm³/mol. The molecule has 0 saturated carbocycles. The molecule has 17 heavy (non-hydrogen) atoms. The van der Waals surface area contributed by atoms with Crippen LogP contribution in [-0.2, 0) is 11.2 Å². The van der Waals surface area contributed by atoms with Gasteiger partial charge in [0.05, 0.1) is 0 Å². The van der Waals surface area contributed by atoms with Gasteiger partial charge in [0, 0.05) is 6.42 Å². The first-order valence-electron chi connectivity index (χ1n) is 5.95. The zero-order valence-electron chi connectivity index (χ0n) is 10.3. The van der Waals surface area contributed by atoms with Crippen LogP contribution in [0.5, 0.6) is 0 Å². The Bertz CT molecular complexity index is 489. The van der Waals surface area contributed by atoms with Crippen LogP contribution in [0.4, 0.5) is 0 Å². The highest BCUT2D eigenvalue weighted by molar-refractivity contribution is 5.83. The molecule has 90 valence electrons. The van der Waals surface area contributed by atoms with Crippen LogP contribution in [0.15, 0.2) is 42.5 Å². The van der Waals surface area contributed by atoms with Gasteiger partial charge in [0.2, 0.25) is 0 Å². The molecule has 0 radical (unpaired) electrons. The Morgan fingerprint density at radius 2 is 1.71 bits per heavy atom. The van der Waals surface area contributed by atoms with Gasteiger partial charge in [0.25, 0.3) is 0 Å². The smallest absolute Gasteiger partial charge is 0.303 e. The fraction of sp³-hybridized carbons (Fsp3) is 0.267. The van der Waals surface area contributed by atoms with Crippen LogP contribution in [0.2, 0.25) is 0 Å². The zero-order valence-corrected chi connectivity index (χ0v) is 10.3. The minimum atomic E-state index is -0.747. The first kappa shape index (κ1) is 13.2. The molecule has 2 aromatic rings. The monoisotopic (exact) mass is 230 g/mol. The normalized spacial score (nSPS) is 9.53. The second-order valence-corrected chi connectivity index (χ2v) is 3.58. The first-order valence-corrected chi connectivity index (χ1v) is 5.95. The summed E-state index contributed by atoms with van der Waals surface area (Å²) in [4.78, 5) is 10.4. The molecule has 0 aliphatic carbocycles. The largest absolute Gasteiger partial charge is 0.481 e. The maximum Gasteiger partial charge on any atom is 0.303 e. The highest BCUT2D eigenvalue weighted by Gasteiger charge is 1.99. The fourth-order valence-corrected chi connectivity index (χ4v) is 1.65. The number of hydrogen-bond acceptors (Lipinski definition) is 1. The van der Waals surface area contributed by atoms with E-state index in [9.17, 15) is 4.79 Å². The zero-order chi connectivity index (χ0) is 12.7. The summed E-state index contributed by atoms with van der Waals surface area (Å²) in [6, 6.07) is 14.2. The molecule has 0 aromatic heterocycles. The molecule has 2 heteroatoms. The quantitative estimate of drug-likeness (QED) is 0.868. The van der Waals surface area contributed by atoms with Crippen molar-refractivity contribution in [1.82, 2.24) is 0 Å². The second-order valence-electron chi connectivity index (χ2n) is 3.58. The van der Waals surface area contributed by atoms with E-state index in [1.165, 1.54) is 10.8 Å². The minimum Gasteiger partial charge on any atom is -0.481 e. The number of carbonyl (C=O) groups is 1. The van der Waals surface area contributed by atoms with Crippen molar-refractivity contribution in [3.05, 3.63) is 48.0 Å². The topological polar surface area (TPSA) is 37.3 Å². The van der Waals surface area contributed by atoms with E-state index < -0.39 is 5.97 Å². The third-order valence-corrected chi connectivity index (χ3v) is 2.44. The second kappa shape index (κ2) is 6.69. The number of aliphatic carboxylic acids is 1. The number of carboxylic acid groups (broad SMARTS) is 1. The van der Waals surface area contributed by atoms with Gasteiger partial charge in [-0.25, -0.2) is 0 Å². The summed E-state index contributed by atoms with van der Waals surface area (Å²) in [7, 11) is 0. The predicted octanol–water partition coefficient (Wildman–Crippen LogP) is 3.88. The molecule has 2 aromatic carbocycles. The summed E-state index contributed by atoms with van der Waals surface area (Å²) in [6.07, 6.45) is 0.790. The van der Waals surface area contributed by atoms with Gasteiger partial charge in [-0.15, -0.1) is 0 Å². The Morgan fingerprint density at radius 3 is 2.35 bits per heavy atom. The van der Waals surface area contributed by atoms with Crippen LogP contribution >= 0.6 is 0 Å².